The van der Waals surface area contributed by atoms with Crippen molar-refractivity contribution in [3.63, 3.8) is 0 Å². The van der Waals surface area contributed by atoms with Crippen molar-refractivity contribution in [1.82, 2.24) is 0 Å². The Morgan fingerprint density at radius 1 is 0.253 bits per heavy atom. The summed E-state index contributed by atoms with van der Waals surface area (Å²) in [5.74, 6) is -0.887. The molecule has 1 unspecified atom stereocenters. The first-order valence-corrected chi connectivity index (χ1v) is 35.4. The highest BCUT2D eigenvalue weighted by Gasteiger charge is 2.19. The molecule has 1 atom stereocenters. The minimum Gasteiger partial charge on any atom is -0.462 e. The van der Waals surface area contributed by atoms with Gasteiger partial charge in [-0.05, 0) is 103 Å². The Hall–Kier alpha value is -3.93. The highest BCUT2D eigenvalue weighted by Crippen LogP contribution is 2.18. The van der Waals surface area contributed by atoms with E-state index in [1.165, 1.54) is 173 Å². The minimum atomic E-state index is -0.789. The highest BCUT2D eigenvalue weighted by atomic mass is 16.6. The zero-order valence-corrected chi connectivity index (χ0v) is 54.7. The summed E-state index contributed by atoms with van der Waals surface area (Å²) in [6, 6.07) is 0. The second-order valence-electron chi connectivity index (χ2n) is 23.4. The average molecular weight is 1150 g/mol. The van der Waals surface area contributed by atoms with Gasteiger partial charge in [-0.15, -0.1) is 0 Å². The van der Waals surface area contributed by atoms with Gasteiger partial charge in [-0.1, -0.05) is 329 Å². The monoisotopic (exact) mass is 1150 g/mol. The van der Waals surface area contributed by atoms with Crippen molar-refractivity contribution < 1.29 is 28.6 Å². The van der Waals surface area contributed by atoms with Crippen LogP contribution < -0.4 is 0 Å². The van der Waals surface area contributed by atoms with Crippen LogP contribution in [-0.4, -0.2) is 37.2 Å². The van der Waals surface area contributed by atoms with E-state index in [4.69, 9.17) is 14.2 Å². The standard InChI is InChI=1S/C77H132O6/c1-4-7-10-13-16-19-22-25-28-31-34-36-37-38-39-41-43-46-49-52-55-58-61-64-67-70-76(79)82-73-74(72-81-75(78)69-66-63-60-57-54-51-48-45-42-33-30-27-24-21-18-15-12-9-6-3)83-77(80)71-68-65-62-59-56-53-50-47-44-40-35-32-29-26-23-20-17-14-11-8-5-2/h7,9-10,12,16,18-19,21,25,27-28,30,34,36,38-39,42,45,74H,4-6,8,11,13-15,17,20,22-24,26,29,31-33,35,37,40-41,43-44,46-73H2,1-3H3/b10-7-,12-9-,19-16-,21-18-,28-25-,30-27-,36-34-,39-38-,45-42-. The number of ether oxygens (including phenoxy) is 3. The Balaban J connectivity index is 4.39. The van der Waals surface area contributed by atoms with Gasteiger partial charge in [0.1, 0.15) is 13.2 Å². The summed E-state index contributed by atoms with van der Waals surface area (Å²) in [6.45, 7) is 6.45. The average Bonchev–Trinajstić information content (AvgIpc) is 3.50. The molecule has 0 saturated carbocycles. The summed E-state index contributed by atoms with van der Waals surface area (Å²) in [5.41, 5.74) is 0. The Morgan fingerprint density at radius 3 is 0.735 bits per heavy atom. The molecule has 0 aliphatic rings. The first-order valence-electron chi connectivity index (χ1n) is 35.4. The van der Waals surface area contributed by atoms with Crippen molar-refractivity contribution in [3.8, 4) is 0 Å². The second-order valence-corrected chi connectivity index (χ2v) is 23.4. The lowest BCUT2D eigenvalue weighted by molar-refractivity contribution is -0.167. The SMILES string of the molecule is CC/C=C\C/C=C\C/C=C\C/C=C\C/C=C\CCCCCCCCCCCC(=O)OCC(COC(=O)CCCCCCCC/C=C\C/C=C\C/C=C\C/C=C\CC)OC(=O)CCCCCCCCCCCCCCCCCCCCCCC. The van der Waals surface area contributed by atoms with Crippen LogP contribution in [0.5, 0.6) is 0 Å². The van der Waals surface area contributed by atoms with Crippen LogP contribution in [0.25, 0.3) is 0 Å². The van der Waals surface area contributed by atoms with Crippen molar-refractivity contribution in [3.05, 3.63) is 109 Å². The van der Waals surface area contributed by atoms with Gasteiger partial charge in [-0.3, -0.25) is 14.4 Å². The van der Waals surface area contributed by atoms with Crippen LogP contribution in [0.2, 0.25) is 0 Å². The highest BCUT2D eigenvalue weighted by molar-refractivity contribution is 5.71. The van der Waals surface area contributed by atoms with E-state index in [9.17, 15) is 14.4 Å². The first kappa shape index (κ1) is 79.1. The van der Waals surface area contributed by atoms with Crippen molar-refractivity contribution in [2.75, 3.05) is 13.2 Å². The molecule has 0 rings (SSSR count). The molecule has 83 heavy (non-hydrogen) atoms. The Kier molecular flexibility index (Phi) is 67.2. The van der Waals surface area contributed by atoms with E-state index in [0.717, 1.165) is 128 Å². The Morgan fingerprint density at radius 2 is 0.470 bits per heavy atom. The number of carbonyl (C=O) groups is 3. The predicted molar refractivity (Wildman–Crippen MR) is 362 cm³/mol. The summed E-state index contributed by atoms with van der Waals surface area (Å²) < 4.78 is 17.0. The molecule has 0 spiro atoms. The molecule has 0 N–H and O–H groups in total. The molecule has 0 saturated heterocycles. The molecule has 0 aromatic rings. The molecule has 0 amide bonds. The van der Waals surface area contributed by atoms with Gasteiger partial charge in [0, 0.05) is 19.3 Å². The van der Waals surface area contributed by atoms with Crippen molar-refractivity contribution >= 4 is 17.9 Å². The van der Waals surface area contributed by atoms with E-state index < -0.39 is 6.10 Å². The molecule has 476 valence electrons. The molecule has 0 heterocycles. The number of esters is 3. The van der Waals surface area contributed by atoms with Gasteiger partial charge in [0.25, 0.3) is 0 Å². The number of hydrogen-bond acceptors (Lipinski definition) is 6. The first-order chi connectivity index (χ1) is 41.0. The number of unbranched alkanes of at least 4 members (excludes halogenated alkanes) is 35. The van der Waals surface area contributed by atoms with Crippen LogP contribution in [0.15, 0.2) is 109 Å². The van der Waals surface area contributed by atoms with Crippen molar-refractivity contribution in [2.24, 2.45) is 0 Å². The summed E-state index contributed by atoms with van der Waals surface area (Å²) in [4.78, 5) is 38.5. The summed E-state index contributed by atoms with van der Waals surface area (Å²) in [7, 11) is 0. The van der Waals surface area contributed by atoms with E-state index in [1.807, 2.05) is 0 Å². The fourth-order valence-corrected chi connectivity index (χ4v) is 10.1. The molecule has 0 aromatic carbocycles. The topological polar surface area (TPSA) is 78.9 Å². The van der Waals surface area contributed by atoms with Crippen LogP contribution in [-0.2, 0) is 28.6 Å². The molecule has 0 bridgehead atoms. The smallest absolute Gasteiger partial charge is 0.306 e. The van der Waals surface area contributed by atoms with Gasteiger partial charge in [0.2, 0.25) is 0 Å². The predicted octanol–water partition coefficient (Wildman–Crippen LogP) is 24.6. The van der Waals surface area contributed by atoms with Gasteiger partial charge in [-0.2, -0.15) is 0 Å². The van der Waals surface area contributed by atoms with Crippen LogP contribution in [0.1, 0.15) is 342 Å². The fourth-order valence-electron chi connectivity index (χ4n) is 10.1. The van der Waals surface area contributed by atoms with Gasteiger partial charge in [0.05, 0.1) is 0 Å². The lowest BCUT2D eigenvalue weighted by atomic mass is 10.0. The van der Waals surface area contributed by atoms with Gasteiger partial charge >= 0.3 is 17.9 Å². The zero-order chi connectivity index (χ0) is 59.9. The third kappa shape index (κ3) is 68.7. The van der Waals surface area contributed by atoms with Crippen molar-refractivity contribution in [1.29, 1.82) is 0 Å². The van der Waals surface area contributed by atoms with Gasteiger partial charge in [0.15, 0.2) is 6.10 Å². The summed E-state index contributed by atoms with van der Waals surface area (Å²) >= 11 is 0. The second kappa shape index (κ2) is 70.6. The lowest BCUT2D eigenvalue weighted by Gasteiger charge is -2.18. The molecule has 0 aliphatic heterocycles. The zero-order valence-electron chi connectivity index (χ0n) is 54.7. The maximum Gasteiger partial charge on any atom is 0.306 e. The molecular weight excluding hydrogens is 1020 g/mol. The maximum absolute atomic E-state index is 13.0. The van der Waals surface area contributed by atoms with E-state index in [-0.39, 0.29) is 31.1 Å². The van der Waals surface area contributed by atoms with E-state index in [0.29, 0.717) is 19.3 Å². The molecule has 0 radical (unpaired) electrons. The molecule has 0 aromatic heterocycles. The lowest BCUT2D eigenvalue weighted by Crippen LogP contribution is -2.30. The largest absolute Gasteiger partial charge is 0.462 e. The van der Waals surface area contributed by atoms with E-state index >= 15 is 0 Å². The van der Waals surface area contributed by atoms with E-state index in [1.54, 1.807) is 0 Å². The molecule has 0 fully saturated rings. The molecule has 6 nitrogen and oxygen atoms in total. The number of rotatable bonds is 64. The quantitative estimate of drug-likeness (QED) is 0.0261. The van der Waals surface area contributed by atoms with Crippen LogP contribution in [0.4, 0.5) is 0 Å². The molecular formula is C77H132O6. The number of allylic oxidation sites excluding steroid dienone is 18. The van der Waals surface area contributed by atoms with Crippen LogP contribution >= 0.6 is 0 Å². The molecule has 6 heteroatoms. The normalized spacial score (nSPS) is 12.8. The fraction of sp³-hybridized carbons (Fsp3) is 0.727. The Labute approximate surface area is 514 Å². The summed E-state index contributed by atoms with van der Waals surface area (Å²) in [5, 5.41) is 0. The minimum absolute atomic E-state index is 0.0842. The Bertz CT molecular complexity index is 1660. The maximum atomic E-state index is 13.0. The van der Waals surface area contributed by atoms with Gasteiger partial charge in [-0.25, -0.2) is 0 Å². The number of carbonyl (C=O) groups excluding carboxylic acids is 3. The molecule has 0 aliphatic carbocycles. The third-order valence-electron chi connectivity index (χ3n) is 15.3. The number of hydrogen-bond donors (Lipinski definition) is 0. The van der Waals surface area contributed by atoms with Crippen molar-refractivity contribution in [2.45, 2.75) is 348 Å². The third-order valence-corrected chi connectivity index (χ3v) is 15.3. The van der Waals surface area contributed by atoms with Crippen LogP contribution in [0.3, 0.4) is 0 Å². The van der Waals surface area contributed by atoms with Gasteiger partial charge < -0.3 is 14.2 Å². The van der Waals surface area contributed by atoms with E-state index in [2.05, 4.69) is 130 Å². The summed E-state index contributed by atoms with van der Waals surface area (Å²) in [6.07, 6.45) is 96.8. The van der Waals surface area contributed by atoms with Crippen LogP contribution in [0, 0.1) is 0 Å².